The van der Waals surface area contributed by atoms with Crippen molar-refractivity contribution < 1.29 is 8.42 Å². The van der Waals surface area contributed by atoms with E-state index in [1.807, 2.05) is 6.92 Å². The molecule has 1 aliphatic rings. The summed E-state index contributed by atoms with van der Waals surface area (Å²) in [5, 5.41) is 0. The highest BCUT2D eigenvalue weighted by Crippen LogP contribution is 2.33. The van der Waals surface area contributed by atoms with Gasteiger partial charge in [0.1, 0.15) is 0 Å². The van der Waals surface area contributed by atoms with Gasteiger partial charge in [-0.3, -0.25) is 0 Å². The molecule has 5 heteroatoms. The van der Waals surface area contributed by atoms with Crippen molar-refractivity contribution in [1.82, 2.24) is 4.72 Å². The Morgan fingerprint density at radius 2 is 1.85 bits per heavy atom. The van der Waals surface area contributed by atoms with Crippen LogP contribution in [0.5, 0.6) is 0 Å². The van der Waals surface area contributed by atoms with E-state index >= 15 is 0 Å². The van der Waals surface area contributed by atoms with Gasteiger partial charge >= 0.3 is 0 Å². The molecule has 4 nitrogen and oxygen atoms in total. The number of anilines is 1. The zero-order valence-corrected chi connectivity index (χ0v) is 13.4. The van der Waals surface area contributed by atoms with E-state index in [2.05, 4.69) is 18.6 Å². The molecule has 3 N–H and O–H groups in total. The molecule has 0 spiro atoms. The molecule has 0 aliphatic heterocycles. The topological polar surface area (TPSA) is 72.2 Å². The van der Waals surface area contributed by atoms with Crippen LogP contribution in [0.3, 0.4) is 0 Å². The number of hydrogen-bond donors (Lipinski definition) is 2. The van der Waals surface area contributed by atoms with Gasteiger partial charge in [-0.25, -0.2) is 13.1 Å². The Labute approximate surface area is 121 Å². The van der Waals surface area contributed by atoms with Gasteiger partial charge < -0.3 is 5.73 Å². The second-order valence-electron chi connectivity index (χ2n) is 6.07. The van der Waals surface area contributed by atoms with Crippen LogP contribution in [0.2, 0.25) is 0 Å². The first-order valence-corrected chi connectivity index (χ1v) is 8.60. The molecular formula is C15H24N2O2S. The van der Waals surface area contributed by atoms with Gasteiger partial charge in [-0.1, -0.05) is 19.9 Å². The van der Waals surface area contributed by atoms with Crippen molar-refractivity contribution in [2.45, 2.75) is 51.5 Å². The molecule has 112 valence electrons. The molecule has 0 radical (unpaired) electrons. The molecule has 0 bridgehead atoms. The molecule has 1 aromatic rings. The van der Waals surface area contributed by atoms with Gasteiger partial charge in [0.2, 0.25) is 10.0 Å². The third kappa shape index (κ3) is 2.69. The Hall–Kier alpha value is -1.07. The average molecular weight is 296 g/mol. The number of benzene rings is 1. The fourth-order valence-electron chi connectivity index (χ4n) is 3.05. The van der Waals surface area contributed by atoms with Crippen molar-refractivity contribution in [3.8, 4) is 0 Å². The lowest BCUT2D eigenvalue weighted by Crippen LogP contribution is -2.38. The van der Waals surface area contributed by atoms with E-state index in [1.54, 1.807) is 19.1 Å². The zero-order valence-electron chi connectivity index (χ0n) is 12.6. The third-order valence-electron chi connectivity index (χ3n) is 4.69. The zero-order chi connectivity index (χ0) is 15.1. The largest absolute Gasteiger partial charge is 0.398 e. The summed E-state index contributed by atoms with van der Waals surface area (Å²) in [4.78, 5) is 0.337. The second kappa shape index (κ2) is 5.37. The van der Waals surface area contributed by atoms with Crippen LogP contribution < -0.4 is 10.5 Å². The van der Waals surface area contributed by atoms with E-state index in [0.29, 0.717) is 28.0 Å². The molecule has 1 aliphatic carbocycles. The van der Waals surface area contributed by atoms with Crippen molar-refractivity contribution in [1.29, 1.82) is 0 Å². The van der Waals surface area contributed by atoms with Gasteiger partial charge in [-0.2, -0.15) is 0 Å². The Kier molecular flexibility index (Phi) is 4.12. The highest BCUT2D eigenvalue weighted by Gasteiger charge is 2.34. The Morgan fingerprint density at radius 3 is 2.40 bits per heavy atom. The first-order chi connectivity index (χ1) is 9.24. The SMILES string of the molecule is Cc1ccc(N)c(C)c1S(=O)(=O)NC1CCC(C)C1C. The molecular weight excluding hydrogens is 272 g/mol. The molecule has 1 fully saturated rings. The first kappa shape index (κ1) is 15.3. The van der Waals surface area contributed by atoms with Crippen LogP contribution in [0.1, 0.15) is 37.8 Å². The molecule has 2 rings (SSSR count). The second-order valence-corrected chi connectivity index (χ2v) is 7.72. The number of rotatable bonds is 3. The number of nitrogens with two attached hydrogens (primary N) is 1. The number of nitrogens with one attached hydrogen (secondary N) is 1. The highest BCUT2D eigenvalue weighted by atomic mass is 32.2. The first-order valence-electron chi connectivity index (χ1n) is 7.12. The fourth-order valence-corrected chi connectivity index (χ4v) is 4.91. The van der Waals surface area contributed by atoms with Crippen molar-refractivity contribution >= 4 is 15.7 Å². The van der Waals surface area contributed by atoms with Crippen molar-refractivity contribution in [2.24, 2.45) is 11.8 Å². The van der Waals surface area contributed by atoms with E-state index in [9.17, 15) is 8.42 Å². The van der Waals surface area contributed by atoms with Gasteiger partial charge in [0.05, 0.1) is 4.90 Å². The molecule has 20 heavy (non-hydrogen) atoms. The summed E-state index contributed by atoms with van der Waals surface area (Å²) < 4.78 is 28.2. The Balaban J connectivity index is 2.35. The quantitative estimate of drug-likeness (QED) is 0.842. The fraction of sp³-hybridized carbons (Fsp3) is 0.600. The van der Waals surface area contributed by atoms with E-state index in [-0.39, 0.29) is 6.04 Å². The van der Waals surface area contributed by atoms with Crippen LogP contribution in [-0.4, -0.2) is 14.5 Å². The minimum absolute atomic E-state index is 0.0234. The summed E-state index contributed by atoms with van der Waals surface area (Å²) in [7, 11) is -3.51. The van der Waals surface area contributed by atoms with Crippen LogP contribution in [0.4, 0.5) is 5.69 Å². The highest BCUT2D eigenvalue weighted by molar-refractivity contribution is 7.89. The van der Waals surface area contributed by atoms with Crippen LogP contribution in [0.15, 0.2) is 17.0 Å². The summed E-state index contributed by atoms with van der Waals surface area (Å²) in [6.07, 6.45) is 1.98. The standard InChI is InChI=1S/C15H24N2O2S/c1-9-6-8-14(11(9)3)17-20(18,19)15-10(2)5-7-13(16)12(15)4/h5,7,9,11,14,17H,6,8,16H2,1-4H3. The van der Waals surface area contributed by atoms with E-state index in [1.165, 1.54) is 0 Å². The lowest BCUT2D eigenvalue weighted by atomic mass is 9.98. The molecule has 3 atom stereocenters. The number of hydrogen-bond acceptors (Lipinski definition) is 3. The lowest BCUT2D eigenvalue weighted by molar-refractivity contribution is 0.402. The molecule has 3 unspecified atom stereocenters. The molecule has 1 saturated carbocycles. The molecule has 0 aromatic heterocycles. The van der Waals surface area contributed by atoms with Gasteiger partial charge in [0, 0.05) is 11.7 Å². The monoisotopic (exact) mass is 296 g/mol. The summed E-state index contributed by atoms with van der Waals surface area (Å²) in [5.41, 5.74) is 7.74. The van der Waals surface area contributed by atoms with Crippen molar-refractivity contribution in [3.05, 3.63) is 23.3 Å². The van der Waals surface area contributed by atoms with Crippen LogP contribution in [0, 0.1) is 25.7 Å². The molecule has 1 aromatic carbocycles. The maximum absolute atomic E-state index is 12.7. The Bertz CT molecular complexity index is 611. The maximum Gasteiger partial charge on any atom is 0.241 e. The van der Waals surface area contributed by atoms with Gasteiger partial charge in [0.15, 0.2) is 0 Å². The smallest absolute Gasteiger partial charge is 0.241 e. The van der Waals surface area contributed by atoms with Gasteiger partial charge in [0.25, 0.3) is 0 Å². The van der Waals surface area contributed by atoms with Crippen LogP contribution in [0.25, 0.3) is 0 Å². The van der Waals surface area contributed by atoms with Crippen LogP contribution in [-0.2, 0) is 10.0 Å². The predicted octanol–water partition coefficient (Wildman–Crippen LogP) is 2.60. The summed E-state index contributed by atoms with van der Waals surface area (Å²) in [6, 6.07) is 3.54. The normalized spacial score (nSPS) is 26.9. The van der Waals surface area contributed by atoms with Crippen LogP contribution >= 0.6 is 0 Å². The Morgan fingerprint density at radius 1 is 1.20 bits per heavy atom. The van der Waals surface area contributed by atoms with E-state index < -0.39 is 10.0 Å². The third-order valence-corrected chi connectivity index (χ3v) is 6.46. The minimum Gasteiger partial charge on any atom is -0.398 e. The number of nitrogen functional groups attached to an aromatic ring is 1. The summed E-state index contributed by atoms with van der Waals surface area (Å²) in [5.74, 6) is 0.928. The summed E-state index contributed by atoms with van der Waals surface area (Å²) >= 11 is 0. The van der Waals surface area contributed by atoms with E-state index in [0.717, 1.165) is 18.4 Å². The van der Waals surface area contributed by atoms with Crippen molar-refractivity contribution in [3.63, 3.8) is 0 Å². The lowest BCUT2D eigenvalue weighted by Gasteiger charge is -2.21. The number of aryl methyl sites for hydroxylation is 1. The average Bonchev–Trinajstić information content (AvgIpc) is 2.65. The molecule has 0 heterocycles. The van der Waals surface area contributed by atoms with Gasteiger partial charge in [-0.05, 0) is 55.7 Å². The maximum atomic E-state index is 12.7. The summed E-state index contributed by atoms with van der Waals surface area (Å²) in [6.45, 7) is 7.86. The minimum atomic E-state index is -3.51. The van der Waals surface area contributed by atoms with E-state index in [4.69, 9.17) is 5.73 Å². The molecule has 0 saturated heterocycles. The number of sulfonamides is 1. The predicted molar refractivity (Wildman–Crippen MR) is 82.0 cm³/mol. The molecule has 0 amide bonds. The van der Waals surface area contributed by atoms with Gasteiger partial charge in [-0.15, -0.1) is 0 Å². The van der Waals surface area contributed by atoms with Crippen molar-refractivity contribution in [2.75, 3.05) is 5.73 Å².